The summed E-state index contributed by atoms with van der Waals surface area (Å²) in [5.74, 6) is 1.07. The van der Waals surface area contributed by atoms with E-state index in [2.05, 4.69) is 15.0 Å². The lowest BCUT2D eigenvalue weighted by Crippen LogP contribution is -2.25. The summed E-state index contributed by atoms with van der Waals surface area (Å²) in [5, 5.41) is 15.6. The van der Waals surface area contributed by atoms with Gasteiger partial charge in [0.2, 0.25) is 0 Å². The number of aromatic nitrogens is 5. The van der Waals surface area contributed by atoms with Gasteiger partial charge < -0.3 is 21.0 Å². The van der Waals surface area contributed by atoms with Crippen LogP contribution in [0.5, 0.6) is 0 Å². The molecule has 0 bridgehead atoms. The number of benzene rings is 1. The van der Waals surface area contributed by atoms with Gasteiger partial charge in [-0.25, -0.2) is 14.6 Å². The van der Waals surface area contributed by atoms with Crippen molar-refractivity contribution in [1.29, 1.82) is 0 Å². The Kier molecular flexibility index (Phi) is 3.88. The number of hydrogen-bond acceptors (Lipinski definition) is 10. The number of nitrogen functional groups attached to an aromatic ring is 2. The molecule has 4 heterocycles. The van der Waals surface area contributed by atoms with Crippen molar-refractivity contribution in [2.24, 2.45) is 0 Å². The van der Waals surface area contributed by atoms with E-state index in [-0.39, 0.29) is 17.4 Å². The molecule has 3 aromatic heterocycles. The Morgan fingerprint density at radius 2 is 2.19 bits per heavy atom. The van der Waals surface area contributed by atoms with E-state index in [1.54, 1.807) is 32.3 Å². The second-order valence-corrected chi connectivity index (χ2v) is 8.86. The zero-order valence-electron chi connectivity index (χ0n) is 13.9. The number of aliphatic hydroxyl groups excluding tert-OH is 1. The number of hydrogen-bond donors (Lipinski definition) is 3. The maximum Gasteiger partial charge on any atom is 0.292 e. The van der Waals surface area contributed by atoms with Gasteiger partial charge in [-0.3, -0.25) is 0 Å². The van der Waals surface area contributed by atoms with Crippen LogP contribution in [0.1, 0.15) is 0 Å². The number of rotatable bonds is 3. The van der Waals surface area contributed by atoms with Crippen LogP contribution in [-0.2, 0) is 6.54 Å². The zero-order valence-corrected chi connectivity index (χ0v) is 15.6. The van der Waals surface area contributed by atoms with Crippen molar-refractivity contribution in [3.63, 3.8) is 0 Å². The minimum Gasteiger partial charge on any atom is -0.424 e. The van der Waals surface area contributed by atoms with Crippen LogP contribution in [-0.4, -0.2) is 46.9 Å². The molecule has 11 heteroatoms. The van der Waals surface area contributed by atoms with Gasteiger partial charge in [0.25, 0.3) is 6.01 Å². The molecule has 0 saturated carbocycles. The van der Waals surface area contributed by atoms with Crippen LogP contribution in [0.3, 0.4) is 0 Å². The lowest BCUT2D eigenvalue weighted by atomic mass is 10.1. The average Bonchev–Trinajstić information content (AvgIpc) is 3.32. The minimum absolute atomic E-state index is 0.0416. The van der Waals surface area contributed by atoms with Crippen molar-refractivity contribution >= 4 is 55.6 Å². The van der Waals surface area contributed by atoms with Crippen molar-refractivity contribution in [2.45, 2.75) is 17.9 Å². The third-order valence-electron chi connectivity index (χ3n) is 4.45. The molecule has 0 aliphatic carbocycles. The molecule has 0 unspecified atom stereocenters. The van der Waals surface area contributed by atoms with Crippen LogP contribution in [0, 0.1) is 0 Å². The van der Waals surface area contributed by atoms with Crippen LogP contribution in [0.2, 0.25) is 0 Å². The van der Waals surface area contributed by atoms with Gasteiger partial charge in [0, 0.05) is 11.3 Å². The zero-order chi connectivity index (χ0) is 18.5. The van der Waals surface area contributed by atoms with Crippen LogP contribution in [0.25, 0.3) is 33.4 Å². The fourth-order valence-electron chi connectivity index (χ4n) is 3.14. The summed E-state index contributed by atoms with van der Waals surface area (Å²) in [7, 11) is 3.33. The molecule has 27 heavy (non-hydrogen) atoms. The first kappa shape index (κ1) is 16.7. The number of nitrogens with two attached hydrogens (primary N) is 2. The fourth-order valence-corrected chi connectivity index (χ4v) is 6.06. The molecule has 2 atom stereocenters. The van der Waals surface area contributed by atoms with Gasteiger partial charge in [-0.15, -0.1) is 0 Å². The van der Waals surface area contributed by atoms with E-state index in [1.807, 2.05) is 12.1 Å². The highest BCUT2D eigenvalue weighted by Crippen LogP contribution is 2.39. The maximum absolute atomic E-state index is 10.2. The maximum atomic E-state index is 10.2. The molecule has 5 rings (SSSR count). The Hall–Kier alpha value is -2.50. The number of aliphatic hydroxyl groups is 1. The summed E-state index contributed by atoms with van der Waals surface area (Å²) < 4.78 is 7.12. The van der Waals surface area contributed by atoms with Crippen LogP contribution >= 0.6 is 21.6 Å². The molecule has 1 fully saturated rings. The molecule has 0 spiro atoms. The SMILES string of the molecule is Nc1nc2cc(-c3nn(C[C@@H]4SSC[C@H]4O)c4ncnc(N)c34)ccc2o1. The van der Waals surface area contributed by atoms with E-state index in [4.69, 9.17) is 21.0 Å². The van der Waals surface area contributed by atoms with Gasteiger partial charge in [0.05, 0.1) is 23.3 Å². The lowest BCUT2D eigenvalue weighted by Gasteiger charge is -2.12. The highest BCUT2D eigenvalue weighted by atomic mass is 33.1. The Balaban J connectivity index is 1.66. The number of oxazole rings is 1. The fraction of sp³-hybridized carbons (Fsp3) is 0.250. The molecule has 1 aliphatic heterocycles. The Labute approximate surface area is 160 Å². The third-order valence-corrected chi connectivity index (χ3v) is 7.33. The summed E-state index contributed by atoms with van der Waals surface area (Å²) in [6.07, 6.45) is 1.05. The summed E-state index contributed by atoms with van der Waals surface area (Å²) in [6.45, 7) is 0.533. The van der Waals surface area contributed by atoms with E-state index in [1.165, 1.54) is 6.33 Å². The van der Waals surface area contributed by atoms with Crippen molar-refractivity contribution in [3.8, 4) is 11.3 Å². The quantitative estimate of drug-likeness (QED) is 0.436. The summed E-state index contributed by atoms with van der Waals surface area (Å²) in [5.41, 5.74) is 15.1. The molecule has 0 radical (unpaired) electrons. The number of fused-ring (bicyclic) bond motifs is 2. The topological polar surface area (TPSA) is 142 Å². The molecular formula is C16H15N7O2S2. The highest BCUT2D eigenvalue weighted by molar-refractivity contribution is 8.77. The van der Waals surface area contributed by atoms with Crippen molar-refractivity contribution in [1.82, 2.24) is 24.7 Å². The average molecular weight is 401 g/mol. The van der Waals surface area contributed by atoms with Gasteiger partial charge >= 0.3 is 0 Å². The van der Waals surface area contributed by atoms with E-state index in [9.17, 15) is 5.11 Å². The van der Waals surface area contributed by atoms with Crippen molar-refractivity contribution in [2.75, 3.05) is 17.2 Å². The molecule has 1 aromatic carbocycles. The summed E-state index contributed by atoms with van der Waals surface area (Å²) in [6, 6.07) is 5.64. The molecule has 9 nitrogen and oxygen atoms in total. The van der Waals surface area contributed by atoms with Crippen LogP contribution < -0.4 is 11.5 Å². The first-order valence-corrected chi connectivity index (χ1v) is 10.6. The van der Waals surface area contributed by atoms with Gasteiger partial charge in [0.15, 0.2) is 11.2 Å². The van der Waals surface area contributed by atoms with Gasteiger partial charge in [0.1, 0.15) is 23.4 Å². The monoisotopic (exact) mass is 401 g/mol. The second kappa shape index (κ2) is 6.29. The molecule has 0 amide bonds. The Morgan fingerprint density at radius 3 is 3.00 bits per heavy atom. The minimum atomic E-state index is -0.378. The predicted octanol–water partition coefficient (Wildman–Crippen LogP) is 1.92. The van der Waals surface area contributed by atoms with Crippen LogP contribution in [0.15, 0.2) is 28.9 Å². The lowest BCUT2D eigenvalue weighted by molar-refractivity contribution is 0.191. The molecule has 138 valence electrons. The Bertz CT molecular complexity index is 1160. The van der Waals surface area contributed by atoms with E-state index < -0.39 is 0 Å². The van der Waals surface area contributed by atoms with Gasteiger partial charge in [-0.05, 0) is 18.2 Å². The molecule has 5 N–H and O–H groups in total. The van der Waals surface area contributed by atoms with E-state index >= 15 is 0 Å². The van der Waals surface area contributed by atoms with E-state index in [0.29, 0.717) is 45.9 Å². The Morgan fingerprint density at radius 1 is 1.30 bits per heavy atom. The van der Waals surface area contributed by atoms with Crippen molar-refractivity contribution < 1.29 is 9.52 Å². The predicted molar refractivity (Wildman–Crippen MR) is 107 cm³/mol. The molecule has 4 aromatic rings. The summed E-state index contributed by atoms with van der Waals surface area (Å²) in [4.78, 5) is 12.7. The third kappa shape index (κ3) is 2.78. The molecule has 1 aliphatic rings. The smallest absolute Gasteiger partial charge is 0.292 e. The largest absolute Gasteiger partial charge is 0.424 e. The van der Waals surface area contributed by atoms with Gasteiger partial charge in [-0.2, -0.15) is 10.1 Å². The first-order valence-electron chi connectivity index (χ1n) is 8.20. The first-order chi connectivity index (χ1) is 13.1. The van der Waals surface area contributed by atoms with Crippen molar-refractivity contribution in [3.05, 3.63) is 24.5 Å². The molecule has 1 saturated heterocycles. The summed E-state index contributed by atoms with van der Waals surface area (Å²) >= 11 is 0. The number of nitrogens with zero attached hydrogens (tertiary/aromatic N) is 5. The normalized spacial score (nSPS) is 20.0. The number of anilines is 2. The van der Waals surface area contributed by atoms with E-state index in [0.717, 1.165) is 5.56 Å². The highest BCUT2D eigenvalue weighted by Gasteiger charge is 2.29. The molecular weight excluding hydrogens is 386 g/mol. The second-order valence-electron chi connectivity index (χ2n) is 6.21. The standard InChI is InChI=1S/C16H15N7O2S2/c17-14-12-13(7-1-2-10-8(3-7)21-16(18)25-10)22-23(15(12)20-6-19-14)4-11-9(24)5-26-27-11/h1-3,6,9,11,24H,4-5H2,(H2,18,21)(H2,17,19,20)/t9-,11+/m1/s1. The van der Waals surface area contributed by atoms with Gasteiger partial charge in [-0.1, -0.05) is 21.6 Å². The van der Waals surface area contributed by atoms with Crippen LogP contribution in [0.4, 0.5) is 11.8 Å².